The lowest BCUT2D eigenvalue weighted by atomic mass is 10.2. The second kappa shape index (κ2) is 8.65. The number of rotatable bonds is 5. The monoisotopic (exact) mass is 466 g/mol. The molecule has 0 N–H and O–H groups in total. The highest BCUT2D eigenvalue weighted by molar-refractivity contribution is 7.93. The first-order valence-corrected chi connectivity index (χ1v) is 11.5. The molecule has 0 saturated carbocycles. The zero-order chi connectivity index (χ0) is 22.7. The topological polar surface area (TPSA) is 125 Å². The van der Waals surface area contributed by atoms with Gasteiger partial charge in [-0.3, -0.25) is 14.9 Å². The Morgan fingerprint density at radius 1 is 0.938 bits per heavy atom. The summed E-state index contributed by atoms with van der Waals surface area (Å²) < 4.78 is 27.0. The number of aromatic nitrogens is 2. The summed E-state index contributed by atoms with van der Waals surface area (Å²) in [7, 11) is -3.96. The zero-order valence-corrected chi connectivity index (χ0v) is 17.9. The molecule has 0 saturated heterocycles. The van der Waals surface area contributed by atoms with Crippen LogP contribution in [0.2, 0.25) is 0 Å². The molecular formula is C21H14N4O5S2. The lowest BCUT2D eigenvalue weighted by Gasteiger charge is -2.01. The van der Waals surface area contributed by atoms with Crippen LogP contribution in [-0.2, 0) is 9.84 Å². The van der Waals surface area contributed by atoms with E-state index in [2.05, 4.69) is 10.1 Å². The number of hydrogen-bond acceptors (Lipinski definition) is 7. The van der Waals surface area contributed by atoms with Gasteiger partial charge in [0.25, 0.3) is 11.6 Å². The number of hydrogen-bond donors (Lipinski definition) is 0. The Hall–Kier alpha value is -3.96. The van der Waals surface area contributed by atoms with Crippen LogP contribution in [0.5, 0.6) is 0 Å². The van der Waals surface area contributed by atoms with E-state index in [0.717, 1.165) is 11.3 Å². The smallest absolute Gasteiger partial charge is 0.267 e. The molecule has 4 rings (SSSR count). The van der Waals surface area contributed by atoms with Gasteiger partial charge < -0.3 is 0 Å². The molecule has 1 aromatic heterocycles. The second-order valence-corrected chi connectivity index (χ2v) is 9.51. The minimum absolute atomic E-state index is 0.0159. The number of non-ortho nitro benzene ring substituents is 1. The van der Waals surface area contributed by atoms with Crippen molar-refractivity contribution in [2.45, 2.75) is 9.24 Å². The minimum atomic E-state index is -3.96. The third-order valence-corrected chi connectivity index (χ3v) is 7.39. The highest BCUT2D eigenvalue weighted by Crippen LogP contribution is 2.22. The van der Waals surface area contributed by atoms with Gasteiger partial charge in [-0.25, -0.2) is 13.1 Å². The van der Waals surface area contributed by atoms with E-state index >= 15 is 0 Å². The summed E-state index contributed by atoms with van der Waals surface area (Å²) >= 11 is 0.732. The van der Waals surface area contributed by atoms with Crippen molar-refractivity contribution in [3.05, 3.63) is 105 Å². The van der Waals surface area contributed by atoms with E-state index in [1.807, 2.05) is 0 Å². The summed E-state index contributed by atoms with van der Waals surface area (Å²) in [5.74, 6) is -0.575. The standard InChI is InChI=1S/C21H14N4O5S2/c26-19(15-7-3-1-4-8-15)22-20-24(16-11-13-17(14-12-16)25(27)28)23-21(31-20)32(29,30)18-9-5-2-6-10-18/h1-14H. The Morgan fingerprint density at radius 2 is 1.53 bits per heavy atom. The summed E-state index contributed by atoms with van der Waals surface area (Å²) in [6, 6.07) is 21.4. The molecule has 0 bridgehead atoms. The molecule has 4 aromatic rings. The van der Waals surface area contributed by atoms with E-state index in [4.69, 9.17) is 0 Å². The minimum Gasteiger partial charge on any atom is -0.267 e. The maximum absolute atomic E-state index is 13.0. The third kappa shape index (κ3) is 4.24. The van der Waals surface area contributed by atoms with E-state index in [-0.39, 0.29) is 19.7 Å². The van der Waals surface area contributed by atoms with E-state index in [9.17, 15) is 23.3 Å². The molecule has 32 heavy (non-hydrogen) atoms. The third-order valence-electron chi connectivity index (χ3n) is 4.35. The van der Waals surface area contributed by atoms with Crippen molar-refractivity contribution in [2.24, 2.45) is 4.99 Å². The Balaban J connectivity index is 1.88. The van der Waals surface area contributed by atoms with Crippen molar-refractivity contribution >= 4 is 32.8 Å². The van der Waals surface area contributed by atoms with Crippen molar-refractivity contribution in [1.29, 1.82) is 0 Å². The molecule has 160 valence electrons. The van der Waals surface area contributed by atoms with Gasteiger partial charge in [0.1, 0.15) is 0 Å². The summed E-state index contributed by atoms with van der Waals surface area (Å²) in [6.07, 6.45) is 0. The Kier molecular flexibility index (Phi) is 5.75. The van der Waals surface area contributed by atoms with Crippen LogP contribution in [-0.4, -0.2) is 29.0 Å². The molecule has 0 radical (unpaired) electrons. The fraction of sp³-hybridized carbons (Fsp3) is 0. The molecule has 0 spiro atoms. The lowest BCUT2D eigenvalue weighted by Crippen LogP contribution is -2.16. The van der Waals surface area contributed by atoms with E-state index in [0.29, 0.717) is 11.3 Å². The fourth-order valence-corrected chi connectivity index (χ4v) is 5.26. The van der Waals surface area contributed by atoms with E-state index in [1.165, 1.54) is 41.1 Å². The van der Waals surface area contributed by atoms with Crippen molar-refractivity contribution < 1.29 is 18.1 Å². The first kappa shape index (κ1) is 21.3. The van der Waals surface area contributed by atoms with Crippen LogP contribution >= 0.6 is 11.3 Å². The molecule has 3 aromatic carbocycles. The lowest BCUT2D eigenvalue weighted by molar-refractivity contribution is -0.384. The Morgan fingerprint density at radius 3 is 2.12 bits per heavy atom. The number of nitro benzene ring substituents is 1. The van der Waals surface area contributed by atoms with E-state index < -0.39 is 20.7 Å². The summed E-state index contributed by atoms with van der Waals surface area (Å²) in [4.78, 5) is 27.2. The highest BCUT2D eigenvalue weighted by atomic mass is 32.2. The number of benzene rings is 3. The van der Waals surface area contributed by atoms with Gasteiger partial charge in [0.2, 0.25) is 19.0 Å². The van der Waals surface area contributed by atoms with Gasteiger partial charge in [0, 0.05) is 17.7 Å². The average molecular weight is 467 g/mol. The summed E-state index contributed by atoms with van der Waals surface area (Å²) in [6.45, 7) is 0. The van der Waals surface area contributed by atoms with Crippen LogP contribution < -0.4 is 4.80 Å². The van der Waals surface area contributed by atoms with Gasteiger partial charge in [-0.15, -0.1) is 5.10 Å². The van der Waals surface area contributed by atoms with Crippen LogP contribution in [0.25, 0.3) is 5.69 Å². The fourth-order valence-electron chi connectivity index (χ4n) is 2.76. The van der Waals surface area contributed by atoms with Gasteiger partial charge in [-0.2, -0.15) is 4.99 Å². The molecule has 0 unspecified atom stereocenters. The maximum atomic E-state index is 13.0. The molecule has 0 aliphatic carbocycles. The second-order valence-electron chi connectivity index (χ2n) is 6.44. The number of nitro groups is 1. The molecule has 1 heterocycles. The van der Waals surface area contributed by atoms with Crippen molar-refractivity contribution in [1.82, 2.24) is 9.78 Å². The van der Waals surface area contributed by atoms with Crippen LogP contribution in [0, 0.1) is 10.1 Å². The SMILES string of the molecule is O=C(N=c1sc(S(=O)(=O)c2ccccc2)nn1-c1ccc([N+](=O)[O-])cc1)c1ccccc1. The van der Waals surface area contributed by atoms with Crippen LogP contribution in [0.15, 0.2) is 99.2 Å². The molecule has 1 amide bonds. The van der Waals surface area contributed by atoms with Gasteiger partial charge in [-0.05, 0) is 36.4 Å². The first-order valence-electron chi connectivity index (χ1n) is 9.15. The number of carbonyl (C=O) groups is 1. The Labute approximate surface area is 186 Å². The van der Waals surface area contributed by atoms with E-state index in [1.54, 1.807) is 48.5 Å². The molecule has 11 heteroatoms. The summed E-state index contributed by atoms with van der Waals surface area (Å²) in [5.41, 5.74) is 0.505. The normalized spacial score (nSPS) is 11.9. The van der Waals surface area contributed by atoms with Gasteiger partial charge in [-0.1, -0.05) is 47.7 Å². The van der Waals surface area contributed by atoms with Crippen LogP contribution in [0.1, 0.15) is 10.4 Å². The number of carbonyl (C=O) groups excluding carboxylic acids is 1. The summed E-state index contributed by atoms with van der Waals surface area (Å²) in [5, 5.41) is 15.1. The molecular weight excluding hydrogens is 452 g/mol. The number of nitrogens with zero attached hydrogens (tertiary/aromatic N) is 4. The molecule has 0 aliphatic rings. The van der Waals surface area contributed by atoms with Crippen molar-refractivity contribution in [2.75, 3.05) is 0 Å². The van der Waals surface area contributed by atoms with Crippen LogP contribution in [0.4, 0.5) is 5.69 Å². The largest absolute Gasteiger partial charge is 0.279 e. The number of sulfone groups is 1. The highest BCUT2D eigenvalue weighted by Gasteiger charge is 2.24. The quantitative estimate of drug-likeness (QED) is 0.328. The first-order chi connectivity index (χ1) is 15.4. The van der Waals surface area contributed by atoms with Crippen molar-refractivity contribution in [3.63, 3.8) is 0 Å². The Bertz CT molecular complexity index is 1460. The predicted octanol–water partition coefficient (Wildman–Crippen LogP) is 3.42. The number of amides is 1. The molecule has 0 aliphatic heterocycles. The van der Waals surface area contributed by atoms with Gasteiger partial charge >= 0.3 is 0 Å². The molecule has 9 nitrogen and oxygen atoms in total. The average Bonchev–Trinajstić information content (AvgIpc) is 3.25. The zero-order valence-electron chi connectivity index (χ0n) is 16.2. The van der Waals surface area contributed by atoms with Gasteiger partial charge in [0.15, 0.2) is 0 Å². The predicted molar refractivity (Wildman–Crippen MR) is 116 cm³/mol. The van der Waals surface area contributed by atoms with Gasteiger partial charge in [0.05, 0.1) is 15.5 Å². The molecule has 0 atom stereocenters. The van der Waals surface area contributed by atoms with Crippen molar-refractivity contribution in [3.8, 4) is 5.69 Å². The molecule has 0 fully saturated rings. The van der Waals surface area contributed by atoms with Crippen LogP contribution in [0.3, 0.4) is 0 Å². The maximum Gasteiger partial charge on any atom is 0.279 e.